The average molecular weight is 193 g/mol. The summed E-state index contributed by atoms with van der Waals surface area (Å²) in [6.07, 6.45) is 0. The Hall–Kier alpha value is -1.13. The molecular formula is C9H11N3S. The molecule has 0 unspecified atom stereocenters. The molecule has 3 N–H and O–H groups in total. The van der Waals surface area contributed by atoms with Crippen molar-refractivity contribution in [2.45, 2.75) is 13.5 Å². The first-order valence-corrected chi connectivity index (χ1v) is 4.98. The smallest absolute Gasteiger partial charge is 0.103 e. The van der Waals surface area contributed by atoms with E-state index in [2.05, 4.69) is 28.6 Å². The molecule has 0 atom stereocenters. The van der Waals surface area contributed by atoms with Gasteiger partial charge in [-0.05, 0) is 30.0 Å². The second kappa shape index (κ2) is 3.32. The van der Waals surface area contributed by atoms with Crippen LogP contribution in [0.25, 0.3) is 10.6 Å². The van der Waals surface area contributed by atoms with E-state index in [9.17, 15) is 0 Å². The summed E-state index contributed by atoms with van der Waals surface area (Å²) in [6.45, 7) is 2.60. The molecule has 0 aliphatic carbocycles. The fourth-order valence-corrected chi connectivity index (χ4v) is 2.11. The molecule has 0 saturated carbocycles. The van der Waals surface area contributed by atoms with Gasteiger partial charge in [0.2, 0.25) is 0 Å². The lowest BCUT2D eigenvalue weighted by Crippen LogP contribution is -1.95. The molecule has 2 heterocycles. The minimum atomic E-state index is 0.511. The van der Waals surface area contributed by atoms with E-state index in [0.29, 0.717) is 6.54 Å². The van der Waals surface area contributed by atoms with Crippen LogP contribution in [0.5, 0.6) is 0 Å². The zero-order valence-electron chi connectivity index (χ0n) is 7.37. The molecule has 0 aliphatic rings. The minimum absolute atomic E-state index is 0.511. The monoisotopic (exact) mass is 193 g/mol. The van der Waals surface area contributed by atoms with Gasteiger partial charge < -0.3 is 5.73 Å². The molecule has 13 heavy (non-hydrogen) atoms. The lowest BCUT2D eigenvalue weighted by atomic mass is 10.2. The number of aromatic nitrogens is 2. The summed E-state index contributed by atoms with van der Waals surface area (Å²) in [5.74, 6) is 0. The number of nitrogens with zero attached hydrogens (tertiary/aromatic N) is 1. The van der Waals surface area contributed by atoms with E-state index < -0.39 is 0 Å². The highest BCUT2D eigenvalue weighted by molar-refractivity contribution is 7.13. The summed E-state index contributed by atoms with van der Waals surface area (Å²) in [5.41, 5.74) is 8.72. The Morgan fingerprint density at radius 3 is 3.00 bits per heavy atom. The lowest BCUT2D eigenvalue weighted by molar-refractivity contribution is 0.949. The zero-order chi connectivity index (χ0) is 9.26. The van der Waals surface area contributed by atoms with Crippen LogP contribution in [0.2, 0.25) is 0 Å². The third-order valence-electron chi connectivity index (χ3n) is 1.95. The second-order valence-corrected chi connectivity index (χ2v) is 3.83. The first-order chi connectivity index (χ1) is 6.31. The highest BCUT2D eigenvalue weighted by Gasteiger charge is 2.06. The number of thiophene rings is 1. The van der Waals surface area contributed by atoms with Crippen LogP contribution < -0.4 is 5.73 Å². The van der Waals surface area contributed by atoms with Crippen LogP contribution in [0.15, 0.2) is 17.5 Å². The number of hydrogen-bond donors (Lipinski definition) is 2. The highest BCUT2D eigenvalue weighted by Crippen LogP contribution is 2.27. The molecule has 0 aromatic carbocycles. The quantitative estimate of drug-likeness (QED) is 0.765. The van der Waals surface area contributed by atoms with Gasteiger partial charge in [-0.25, -0.2) is 0 Å². The van der Waals surface area contributed by atoms with Crippen molar-refractivity contribution in [1.29, 1.82) is 0 Å². The van der Waals surface area contributed by atoms with Gasteiger partial charge in [0.15, 0.2) is 0 Å². The molecular weight excluding hydrogens is 182 g/mol. The molecule has 4 heteroatoms. The minimum Gasteiger partial charge on any atom is -0.325 e. The van der Waals surface area contributed by atoms with E-state index in [4.69, 9.17) is 5.73 Å². The Bertz CT molecular complexity index is 402. The van der Waals surface area contributed by atoms with Crippen LogP contribution in [0, 0.1) is 6.92 Å². The molecule has 0 radical (unpaired) electrons. The molecule has 0 saturated heterocycles. The predicted octanol–water partition coefficient (Wildman–Crippen LogP) is 1.91. The third-order valence-corrected chi connectivity index (χ3v) is 2.98. The molecule has 0 spiro atoms. The van der Waals surface area contributed by atoms with Gasteiger partial charge in [0.1, 0.15) is 5.69 Å². The maximum absolute atomic E-state index is 5.49. The Labute approximate surface area is 80.6 Å². The zero-order valence-corrected chi connectivity index (χ0v) is 8.19. The van der Waals surface area contributed by atoms with Crippen LogP contribution in [0.4, 0.5) is 0 Å². The average Bonchev–Trinajstić information content (AvgIpc) is 2.71. The van der Waals surface area contributed by atoms with Gasteiger partial charge in [-0.2, -0.15) is 5.10 Å². The number of aryl methyl sites for hydroxylation is 1. The van der Waals surface area contributed by atoms with Gasteiger partial charge in [-0.3, -0.25) is 5.10 Å². The topological polar surface area (TPSA) is 54.7 Å². The number of hydrogen-bond acceptors (Lipinski definition) is 3. The van der Waals surface area contributed by atoms with Gasteiger partial charge in [0, 0.05) is 12.2 Å². The van der Waals surface area contributed by atoms with Gasteiger partial charge in [-0.15, -0.1) is 11.3 Å². The largest absolute Gasteiger partial charge is 0.325 e. The van der Waals surface area contributed by atoms with Crippen molar-refractivity contribution in [3.05, 3.63) is 28.8 Å². The third kappa shape index (κ3) is 1.50. The van der Waals surface area contributed by atoms with Crippen LogP contribution in [0.3, 0.4) is 0 Å². The van der Waals surface area contributed by atoms with Gasteiger partial charge >= 0.3 is 0 Å². The first-order valence-electron chi connectivity index (χ1n) is 4.10. The summed E-state index contributed by atoms with van der Waals surface area (Å²) >= 11 is 1.70. The van der Waals surface area contributed by atoms with E-state index >= 15 is 0 Å². The summed E-state index contributed by atoms with van der Waals surface area (Å²) < 4.78 is 0. The van der Waals surface area contributed by atoms with Gasteiger partial charge in [0.25, 0.3) is 0 Å². The van der Waals surface area contributed by atoms with E-state index in [1.807, 2.05) is 6.07 Å². The first kappa shape index (κ1) is 8.47. The Morgan fingerprint density at radius 1 is 1.62 bits per heavy atom. The molecule has 3 nitrogen and oxygen atoms in total. The van der Waals surface area contributed by atoms with Crippen molar-refractivity contribution in [2.75, 3.05) is 0 Å². The van der Waals surface area contributed by atoms with Crippen molar-refractivity contribution in [2.24, 2.45) is 5.73 Å². The van der Waals surface area contributed by atoms with E-state index in [0.717, 1.165) is 11.4 Å². The Balaban J connectivity index is 2.41. The Morgan fingerprint density at radius 2 is 2.46 bits per heavy atom. The van der Waals surface area contributed by atoms with E-state index in [-0.39, 0.29) is 0 Å². The van der Waals surface area contributed by atoms with Crippen LogP contribution in [-0.4, -0.2) is 10.2 Å². The SMILES string of the molecule is Cc1ccsc1-c1cc(CN)[nH]n1. The number of H-pyrrole nitrogens is 1. The van der Waals surface area contributed by atoms with Crippen molar-refractivity contribution in [1.82, 2.24) is 10.2 Å². The molecule has 0 aliphatic heterocycles. The maximum atomic E-state index is 5.49. The molecule has 2 aromatic heterocycles. The molecule has 0 bridgehead atoms. The van der Waals surface area contributed by atoms with Crippen LogP contribution in [0.1, 0.15) is 11.3 Å². The summed E-state index contributed by atoms with van der Waals surface area (Å²) in [6, 6.07) is 4.09. The standard InChI is InChI=1S/C9H11N3S/c1-6-2-3-13-9(6)8-4-7(5-10)11-12-8/h2-4H,5,10H2,1H3,(H,11,12). The normalized spacial score (nSPS) is 10.6. The van der Waals surface area contributed by atoms with Crippen molar-refractivity contribution >= 4 is 11.3 Å². The lowest BCUT2D eigenvalue weighted by Gasteiger charge is -1.90. The van der Waals surface area contributed by atoms with Crippen LogP contribution >= 0.6 is 11.3 Å². The number of aromatic amines is 1. The fraction of sp³-hybridized carbons (Fsp3) is 0.222. The van der Waals surface area contributed by atoms with Crippen molar-refractivity contribution in [3.8, 4) is 10.6 Å². The summed E-state index contributed by atoms with van der Waals surface area (Å²) in [7, 11) is 0. The summed E-state index contributed by atoms with van der Waals surface area (Å²) in [4.78, 5) is 1.22. The molecule has 0 amide bonds. The molecule has 68 valence electrons. The van der Waals surface area contributed by atoms with Gasteiger partial charge in [-0.1, -0.05) is 0 Å². The maximum Gasteiger partial charge on any atom is 0.103 e. The second-order valence-electron chi connectivity index (χ2n) is 2.92. The van der Waals surface area contributed by atoms with E-state index in [1.165, 1.54) is 10.4 Å². The van der Waals surface area contributed by atoms with Gasteiger partial charge in [0.05, 0.1) is 4.88 Å². The predicted molar refractivity (Wildman–Crippen MR) is 54.5 cm³/mol. The van der Waals surface area contributed by atoms with Crippen molar-refractivity contribution in [3.63, 3.8) is 0 Å². The molecule has 2 rings (SSSR count). The number of nitrogens with two attached hydrogens (primary N) is 1. The molecule has 2 aromatic rings. The number of rotatable bonds is 2. The fourth-order valence-electron chi connectivity index (χ4n) is 1.22. The summed E-state index contributed by atoms with van der Waals surface area (Å²) in [5, 5.41) is 9.17. The van der Waals surface area contributed by atoms with Crippen LogP contribution in [-0.2, 0) is 6.54 Å². The highest BCUT2D eigenvalue weighted by atomic mass is 32.1. The molecule has 0 fully saturated rings. The Kier molecular flexibility index (Phi) is 2.16. The van der Waals surface area contributed by atoms with Crippen molar-refractivity contribution < 1.29 is 0 Å². The van der Waals surface area contributed by atoms with E-state index in [1.54, 1.807) is 11.3 Å². The number of nitrogens with one attached hydrogen (secondary N) is 1.